The molecule has 0 aliphatic carbocycles. The molecule has 3 nitrogen and oxygen atoms in total. The summed E-state index contributed by atoms with van der Waals surface area (Å²) in [5.41, 5.74) is 3.66. The summed E-state index contributed by atoms with van der Waals surface area (Å²) in [5, 5.41) is 0.587. The van der Waals surface area contributed by atoms with Crippen LogP contribution in [0.1, 0.15) is 11.1 Å². The first-order valence-corrected chi connectivity index (χ1v) is 6.45. The number of imidazole rings is 1. The molecule has 1 aromatic heterocycles. The Balaban J connectivity index is 2.15. The third kappa shape index (κ3) is 2.17. The summed E-state index contributed by atoms with van der Waals surface area (Å²) >= 11 is 6.19. The van der Waals surface area contributed by atoms with E-state index < -0.39 is 0 Å². The molecule has 0 amide bonds. The zero-order chi connectivity index (χ0) is 13.4. The molecule has 1 heterocycles. The summed E-state index contributed by atoms with van der Waals surface area (Å²) in [5.74, 6) is 0. The van der Waals surface area contributed by atoms with Crippen LogP contribution in [0.2, 0.25) is 5.02 Å². The quantitative estimate of drug-likeness (QED) is 0.763. The van der Waals surface area contributed by atoms with Gasteiger partial charge >= 0.3 is 5.69 Å². The minimum Gasteiger partial charge on any atom is -0.305 e. The second kappa shape index (κ2) is 4.59. The minimum atomic E-state index is -0.135. The molecular weight excluding hydrogens is 260 g/mol. The lowest BCUT2D eigenvalue weighted by molar-refractivity contribution is 0.786. The third-order valence-electron chi connectivity index (χ3n) is 3.17. The van der Waals surface area contributed by atoms with Crippen LogP contribution in [-0.4, -0.2) is 9.55 Å². The van der Waals surface area contributed by atoms with E-state index >= 15 is 0 Å². The first-order valence-electron chi connectivity index (χ1n) is 6.08. The lowest BCUT2D eigenvalue weighted by Crippen LogP contribution is -2.17. The van der Waals surface area contributed by atoms with Crippen LogP contribution in [-0.2, 0) is 6.54 Å². The number of hydrogen-bond acceptors (Lipinski definition) is 1. The highest BCUT2D eigenvalue weighted by atomic mass is 35.5. The van der Waals surface area contributed by atoms with E-state index in [1.807, 2.05) is 37.3 Å². The van der Waals surface area contributed by atoms with Gasteiger partial charge in [-0.05, 0) is 24.6 Å². The van der Waals surface area contributed by atoms with Crippen molar-refractivity contribution < 1.29 is 0 Å². The molecule has 0 fully saturated rings. The number of hydrogen-bond donors (Lipinski definition) is 1. The van der Waals surface area contributed by atoms with Crippen LogP contribution in [0.3, 0.4) is 0 Å². The van der Waals surface area contributed by atoms with Crippen molar-refractivity contribution >= 4 is 22.6 Å². The van der Waals surface area contributed by atoms with Crippen LogP contribution in [0.15, 0.2) is 47.3 Å². The van der Waals surface area contributed by atoms with Gasteiger partial charge in [0.15, 0.2) is 0 Å². The lowest BCUT2D eigenvalue weighted by Gasteiger charge is -2.05. The van der Waals surface area contributed by atoms with Gasteiger partial charge in [-0.25, -0.2) is 4.79 Å². The zero-order valence-corrected chi connectivity index (χ0v) is 11.2. The molecule has 96 valence electrons. The van der Waals surface area contributed by atoms with Gasteiger partial charge in [-0.3, -0.25) is 4.57 Å². The number of nitrogens with one attached hydrogen (secondary N) is 1. The second-order valence-corrected chi connectivity index (χ2v) is 5.05. The first kappa shape index (κ1) is 12.1. The molecule has 0 aliphatic heterocycles. The van der Waals surface area contributed by atoms with Crippen LogP contribution in [0.5, 0.6) is 0 Å². The van der Waals surface area contributed by atoms with Crippen LogP contribution < -0.4 is 5.69 Å². The SMILES string of the molecule is Cc1cccc(Cn2c(=O)[nH]c3cccc(Cl)c32)c1. The van der Waals surface area contributed by atoms with E-state index in [1.165, 1.54) is 5.56 Å². The average Bonchev–Trinajstić information content (AvgIpc) is 2.67. The third-order valence-corrected chi connectivity index (χ3v) is 3.47. The maximum atomic E-state index is 12.0. The van der Waals surface area contributed by atoms with Crippen molar-refractivity contribution in [2.75, 3.05) is 0 Å². The smallest absolute Gasteiger partial charge is 0.305 e. The highest BCUT2D eigenvalue weighted by Crippen LogP contribution is 2.21. The van der Waals surface area contributed by atoms with Gasteiger partial charge in [0.2, 0.25) is 0 Å². The number of nitrogens with zero attached hydrogens (tertiary/aromatic N) is 1. The Bertz CT molecular complexity index is 801. The van der Waals surface area contributed by atoms with Gasteiger partial charge < -0.3 is 4.98 Å². The molecule has 0 atom stereocenters. The summed E-state index contributed by atoms with van der Waals surface area (Å²) in [7, 11) is 0. The van der Waals surface area contributed by atoms with Crippen molar-refractivity contribution in [3.05, 3.63) is 69.1 Å². The molecule has 0 saturated carbocycles. The predicted molar refractivity (Wildman–Crippen MR) is 77.8 cm³/mol. The highest BCUT2D eigenvalue weighted by molar-refractivity contribution is 6.34. The summed E-state index contributed by atoms with van der Waals surface area (Å²) in [4.78, 5) is 14.9. The Labute approximate surface area is 115 Å². The van der Waals surface area contributed by atoms with Gasteiger partial charge in [-0.2, -0.15) is 0 Å². The number of aromatic amines is 1. The van der Waals surface area contributed by atoms with Crippen molar-refractivity contribution in [3.63, 3.8) is 0 Å². The lowest BCUT2D eigenvalue weighted by atomic mass is 10.1. The Morgan fingerprint density at radius 1 is 1.21 bits per heavy atom. The van der Waals surface area contributed by atoms with Gasteiger partial charge in [-0.1, -0.05) is 47.5 Å². The Morgan fingerprint density at radius 3 is 2.79 bits per heavy atom. The zero-order valence-electron chi connectivity index (χ0n) is 10.5. The van der Waals surface area contributed by atoms with E-state index in [1.54, 1.807) is 10.6 Å². The first-order chi connectivity index (χ1) is 9.15. The summed E-state index contributed by atoms with van der Waals surface area (Å²) in [6, 6.07) is 13.6. The van der Waals surface area contributed by atoms with Crippen LogP contribution in [0.25, 0.3) is 11.0 Å². The van der Waals surface area contributed by atoms with Crippen LogP contribution in [0.4, 0.5) is 0 Å². The molecule has 0 bridgehead atoms. The van der Waals surface area contributed by atoms with Crippen molar-refractivity contribution in [2.24, 2.45) is 0 Å². The molecule has 19 heavy (non-hydrogen) atoms. The van der Waals surface area contributed by atoms with Crippen LogP contribution >= 0.6 is 11.6 Å². The molecule has 3 rings (SSSR count). The average molecular weight is 273 g/mol. The molecule has 2 aromatic carbocycles. The molecule has 0 spiro atoms. The Kier molecular flexibility index (Phi) is 2.91. The standard InChI is InChI=1S/C15H13ClN2O/c1-10-4-2-5-11(8-10)9-18-14-12(16)6-3-7-13(14)17-15(18)19/h2-8H,9H2,1H3,(H,17,19). The Hall–Kier alpha value is -2.00. The molecule has 1 N–H and O–H groups in total. The summed E-state index contributed by atoms with van der Waals surface area (Å²) in [6.07, 6.45) is 0. The number of aryl methyl sites for hydroxylation is 1. The summed E-state index contributed by atoms with van der Waals surface area (Å²) in [6.45, 7) is 2.55. The number of fused-ring (bicyclic) bond motifs is 1. The largest absolute Gasteiger partial charge is 0.326 e. The number of halogens is 1. The van der Waals surface area contributed by atoms with Gasteiger partial charge in [0.25, 0.3) is 0 Å². The van der Waals surface area contributed by atoms with E-state index in [9.17, 15) is 4.79 Å². The van der Waals surface area contributed by atoms with Crippen molar-refractivity contribution in [1.29, 1.82) is 0 Å². The fraction of sp³-hybridized carbons (Fsp3) is 0.133. The maximum Gasteiger partial charge on any atom is 0.326 e. The fourth-order valence-corrected chi connectivity index (χ4v) is 2.60. The molecule has 0 unspecified atom stereocenters. The fourth-order valence-electron chi connectivity index (χ4n) is 2.32. The van der Waals surface area contributed by atoms with E-state index in [0.29, 0.717) is 11.6 Å². The van der Waals surface area contributed by atoms with Gasteiger partial charge in [0.05, 0.1) is 22.6 Å². The predicted octanol–water partition coefficient (Wildman–Crippen LogP) is 3.34. The minimum absolute atomic E-state index is 0.135. The molecule has 0 radical (unpaired) electrons. The van der Waals surface area contributed by atoms with Gasteiger partial charge in [0, 0.05) is 0 Å². The normalized spacial score (nSPS) is 11.1. The van der Waals surface area contributed by atoms with Crippen LogP contribution in [0, 0.1) is 6.92 Å². The van der Waals surface area contributed by atoms with Crippen molar-refractivity contribution in [3.8, 4) is 0 Å². The van der Waals surface area contributed by atoms with E-state index in [0.717, 1.165) is 16.6 Å². The summed E-state index contributed by atoms with van der Waals surface area (Å²) < 4.78 is 1.67. The highest BCUT2D eigenvalue weighted by Gasteiger charge is 2.10. The molecule has 0 saturated heterocycles. The van der Waals surface area contributed by atoms with E-state index in [2.05, 4.69) is 11.1 Å². The monoisotopic (exact) mass is 272 g/mol. The second-order valence-electron chi connectivity index (χ2n) is 4.64. The van der Waals surface area contributed by atoms with Crippen molar-refractivity contribution in [2.45, 2.75) is 13.5 Å². The Morgan fingerprint density at radius 2 is 2.00 bits per heavy atom. The molecule has 4 heteroatoms. The molecular formula is C15H13ClN2O. The number of H-pyrrole nitrogens is 1. The molecule has 0 aliphatic rings. The van der Waals surface area contributed by atoms with Gasteiger partial charge in [-0.15, -0.1) is 0 Å². The van der Waals surface area contributed by atoms with Crippen molar-refractivity contribution in [1.82, 2.24) is 9.55 Å². The van der Waals surface area contributed by atoms with E-state index in [4.69, 9.17) is 11.6 Å². The van der Waals surface area contributed by atoms with E-state index in [-0.39, 0.29) is 5.69 Å². The van der Waals surface area contributed by atoms with Gasteiger partial charge in [0.1, 0.15) is 0 Å². The number of aromatic nitrogens is 2. The maximum absolute atomic E-state index is 12.0. The topological polar surface area (TPSA) is 37.8 Å². The molecule has 3 aromatic rings. The number of benzene rings is 2. The number of rotatable bonds is 2. The number of para-hydroxylation sites is 1.